The summed E-state index contributed by atoms with van der Waals surface area (Å²) in [6.45, 7) is 1.89. The molecule has 0 saturated carbocycles. The fourth-order valence-electron chi connectivity index (χ4n) is 3.23. The van der Waals surface area contributed by atoms with Gasteiger partial charge in [0.1, 0.15) is 0 Å². The number of carbonyl (C=O) groups is 4. The third-order valence-corrected chi connectivity index (χ3v) is 4.82. The van der Waals surface area contributed by atoms with Crippen LogP contribution in [-0.2, 0) is 28.7 Å². The van der Waals surface area contributed by atoms with Gasteiger partial charge in [0.15, 0.2) is 0 Å². The van der Waals surface area contributed by atoms with Crippen LogP contribution in [0.3, 0.4) is 0 Å². The molecule has 3 rings (SSSR count). The van der Waals surface area contributed by atoms with Gasteiger partial charge in [-0.25, -0.2) is 0 Å². The number of hydrogen-bond acceptors (Lipinski definition) is 6. The largest absolute Gasteiger partial charge is 0.376 e. The van der Waals surface area contributed by atoms with Gasteiger partial charge in [-0.2, -0.15) is 0 Å². The van der Waals surface area contributed by atoms with Crippen LogP contribution in [0.15, 0.2) is 24.3 Å². The minimum absolute atomic E-state index is 0.0633. The molecule has 1 aromatic rings. The van der Waals surface area contributed by atoms with Crippen LogP contribution in [0.25, 0.3) is 0 Å². The topological polar surface area (TPSA) is 135 Å². The van der Waals surface area contributed by atoms with Crippen LogP contribution in [0.1, 0.15) is 25.7 Å². The molecule has 0 aromatic heterocycles. The van der Waals surface area contributed by atoms with E-state index in [0.717, 1.165) is 25.7 Å². The molecule has 162 valence electrons. The molecule has 0 unspecified atom stereocenters. The molecule has 2 aliphatic rings. The Labute approximate surface area is 174 Å². The summed E-state index contributed by atoms with van der Waals surface area (Å²) in [5.41, 5.74) is 0.620. The molecule has 2 saturated heterocycles. The van der Waals surface area contributed by atoms with Gasteiger partial charge in [0.25, 0.3) is 0 Å². The van der Waals surface area contributed by atoms with E-state index in [-0.39, 0.29) is 25.3 Å². The van der Waals surface area contributed by atoms with Crippen molar-refractivity contribution in [2.45, 2.75) is 37.9 Å². The second kappa shape index (κ2) is 10.7. The monoisotopic (exact) mass is 418 g/mol. The lowest BCUT2D eigenvalue weighted by molar-refractivity contribution is -0.136. The van der Waals surface area contributed by atoms with E-state index in [1.54, 1.807) is 18.2 Å². The highest BCUT2D eigenvalue weighted by atomic mass is 16.5. The predicted octanol–water partition coefficient (Wildman–Crippen LogP) is 0.154. The number of ether oxygens (including phenoxy) is 2. The first-order valence-electron chi connectivity index (χ1n) is 10.0. The second-order valence-corrected chi connectivity index (χ2v) is 7.18. The fourth-order valence-corrected chi connectivity index (χ4v) is 3.23. The Morgan fingerprint density at radius 3 is 1.63 bits per heavy atom. The molecule has 1 aromatic carbocycles. The highest BCUT2D eigenvalue weighted by Gasteiger charge is 2.21. The Morgan fingerprint density at radius 1 is 0.767 bits per heavy atom. The maximum atomic E-state index is 12.0. The van der Waals surface area contributed by atoms with Gasteiger partial charge in [0.05, 0.1) is 12.2 Å². The number of carbonyl (C=O) groups excluding carboxylic acids is 4. The van der Waals surface area contributed by atoms with Crippen molar-refractivity contribution >= 4 is 35.0 Å². The fraction of sp³-hybridized carbons (Fsp3) is 0.500. The van der Waals surface area contributed by atoms with E-state index in [9.17, 15) is 19.2 Å². The number of amides is 4. The van der Waals surface area contributed by atoms with Crippen molar-refractivity contribution < 1.29 is 28.7 Å². The second-order valence-electron chi connectivity index (χ2n) is 7.18. The Balaban J connectivity index is 1.44. The summed E-state index contributed by atoms with van der Waals surface area (Å²) in [6.07, 6.45) is 3.46. The molecule has 2 fully saturated rings. The molecule has 2 aliphatic heterocycles. The third-order valence-electron chi connectivity index (χ3n) is 4.82. The smallest absolute Gasteiger partial charge is 0.313 e. The van der Waals surface area contributed by atoms with Gasteiger partial charge < -0.3 is 30.7 Å². The predicted molar refractivity (Wildman–Crippen MR) is 108 cm³/mol. The Hall–Kier alpha value is -2.98. The lowest BCUT2D eigenvalue weighted by Crippen LogP contribution is -2.39. The lowest BCUT2D eigenvalue weighted by atomic mass is 10.2. The van der Waals surface area contributed by atoms with Crippen molar-refractivity contribution in [1.29, 1.82) is 0 Å². The summed E-state index contributed by atoms with van der Waals surface area (Å²) >= 11 is 0. The van der Waals surface area contributed by atoms with Gasteiger partial charge in [-0.1, -0.05) is 6.07 Å². The first-order valence-corrected chi connectivity index (χ1v) is 10.0. The van der Waals surface area contributed by atoms with Gasteiger partial charge >= 0.3 is 23.6 Å². The molecule has 0 radical (unpaired) electrons. The standard InChI is InChI=1S/C20H26N4O6/c25-17(21-11-15-6-2-8-29-15)19(27)23-13-4-1-5-14(10-13)24-20(28)18(26)22-12-16-7-3-9-30-16/h1,4-5,10,15-16H,2-3,6-9,11-12H2,(H,21,25)(H,22,26)(H,23,27)(H,24,28)/t15-,16-/m0/s1. The molecule has 30 heavy (non-hydrogen) atoms. The molecule has 4 amide bonds. The zero-order valence-corrected chi connectivity index (χ0v) is 16.6. The highest BCUT2D eigenvalue weighted by molar-refractivity contribution is 6.40. The van der Waals surface area contributed by atoms with Gasteiger partial charge in [0, 0.05) is 37.7 Å². The van der Waals surface area contributed by atoms with Gasteiger partial charge in [-0.05, 0) is 43.9 Å². The van der Waals surface area contributed by atoms with Gasteiger partial charge in [-0.15, -0.1) is 0 Å². The Bertz CT molecular complexity index is 726. The Kier molecular flexibility index (Phi) is 7.75. The summed E-state index contributed by atoms with van der Waals surface area (Å²) in [6, 6.07) is 6.17. The molecule has 0 aliphatic carbocycles. The van der Waals surface area contributed by atoms with E-state index >= 15 is 0 Å². The number of rotatable bonds is 6. The zero-order chi connectivity index (χ0) is 21.3. The van der Waals surface area contributed by atoms with E-state index in [1.165, 1.54) is 6.07 Å². The number of hydrogen-bond donors (Lipinski definition) is 4. The van der Waals surface area contributed by atoms with Crippen LogP contribution in [0.2, 0.25) is 0 Å². The summed E-state index contributed by atoms with van der Waals surface area (Å²) in [5, 5.41) is 9.99. The molecular weight excluding hydrogens is 392 g/mol. The maximum absolute atomic E-state index is 12.0. The van der Waals surface area contributed by atoms with Crippen molar-refractivity contribution in [3.63, 3.8) is 0 Å². The van der Waals surface area contributed by atoms with Crippen LogP contribution in [0.5, 0.6) is 0 Å². The average molecular weight is 418 g/mol. The third kappa shape index (κ3) is 6.53. The average Bonchev–Trinajstić information content (AvgIpc) is 3.44. The molecule has 4 N–H and O–H groups in total. The number of benzene rings is 1. The summed E-state index contributed by atoms with van der Waals surface area (Å²) < 4.78 is 10.8. The van der Waals surface area contributed by atoms with Crippen LogP contribution < -0.4 is 21.3 Å². The molecular formula is C20H26N4O6. The molecule has 2 heterocycles. The minimum atomic E-state index is -0.828. The molecule has 0 spiro atoms. The van der Waals surface area contributed by atoms with Crippen LogP contribution in [0.4, 0.5) is 11.4 Å². The quantitative estimate of drug-likeness (QED) is 0.486. The number of anilines is 2. The normalized spacial score (nSPS) is 20.4. The van der Waals surface area contributed by atoms with Gasteiger partial charge in [0.2, 0.25) is 0 Å². The van der Waals surface area contributed by atoms with E-state index < -0.39 is 23.6 Å². The van der Waals surface area contributed by atoms with Gasteiger partial charge in [-0.3, -0.25) is 19.2 Å². The van der Waals surface area contributed by atoms with E-state index in [2.05, 4.69) is 21.3 Å². The van der Waals surface area contributed by atoms with Crippen molar-refractivity contribution in [1.82, 2.24) is 10.6 Å². The summed E-state index contributed by atoms with van der Waals surface area (Å²) in [4.78, 5) is 47.9. The Morgan fingerprint density at radius 2 is 1.23 bits per heavy atom. The van der Waals surface area contributed by atoms with Crippen molar-refractivity contribution in [2.75, 3.05) is 36.9 Å². The number of nitrogens with one attached hydrogen (secondary N) is 4. The van der Waals surface area contributed by atoms with Crippen LogP contribution in [-0.4, -0.2) is 62.1 Å². The molecule has 10 nitrogen and oxygen atoms in total. The van der Waals surface area contributed by atoms with E-state index in [0.29, 0.717) is 24.6 Å². The highest BCUT2D eigenvalue weighted by Crippen LogP contribution is 2.15. The van der Waals surface area contributed by atoms with Crippen LogP contribution in [0, 0.1) is 0 Å². The molecule has 10 heteroatoms. The SMILES string of the molecule is O=C(NC[C@@H]1CCCO1)C(=O)Nc1cccc(NC(=O)C(=O)NC[C@@H]2CCCO2)c1. The first-order chi connectivity index (χ1) is 14.5. The lowest BCUT2D eigenvalue weighted by Gasteiger charge is -2.12. The van der Waals surface area contributed by atoms with Crippen molar-refractivity contribution in [2.24, 2.45) is 0 Å². The van der Waals surface area contributed by atoms with E-state index in [4.69, 9.17) is 9.47 Å². The van der Waals surface area contributed by atoms with Crippen molar-refractivity contribution in [3.8, 4) is 0 Å². The van der Waals surface area contributed by atoms with E-state index in [1.807, 2.05) is 0 Å². The maximum Gasteiger partial charge on any atom is 0.313 e. The molecule has 0 bridgehead atoms. The summed E-state index contributed by atoms with van der Waals surface area (Å²) in [5.74, 6) is -3.20. The first kappa shape index (κ1) is 21.7. The zero-order valence-electron chi connectivity index (χ0n) is 16.6. The summed E-state index contributed by atoms with van der Waals surface area (Å²) in [7, 11) is 0. The minimum Gasteiger partial charge on any atom is -0.376 e. The molecule has 2 atom stereocenters. The van der Waals surface area contributed by atoms with Crippen molar-refractivity contribution in [3.05, 3.63) is 24.3 Å². The van der Waals surface area contributed by atoms with Crippen LogP contribution >= 0.6 is 0 Å².